The van der Waals surface area contributed by atoms with Gasteiger partial charge in [-0.05, 0) is 23.8 Å². The zero-order valence-electron chi connectivity index (χ0n) is 13.1. The lowest BCUT2D eigenvalue weighted by Crippen LogP contribution is -2.16. The minimum atomic E-state index is -0.380. The average Bonchev–Trinajstić information content (AvgIpc) is 2.65. The van der Waals surface area contributed by atoms with Gasteiger partial charge in [0.15, 0.2) is 0 Å². The molecule has 0 spiro atoms. The van der Waals surface area contributed by atoms with Crippen LogP contribution in [0.15, 0.2) is 48.9 Å². The summed E-state index contributed by atoms with van der Waals surface area (Å²) in [7, 11) is 1.33. The maximum Gasteiger partial charge on any atom is 0.325 e. The fourth-order valence-electron chi connectivity index (χ4n) is 2.46. The van der Waals surface area contributed by atoms with Gasteiger partial charge in [-0.25, -0.2) is 0 Å². The fourth-order valence-corrected chi connectivity index (χ4v) is 2.46. The third-order valence-corrected chi connectivity index (χ3v) is 3.70. The van der Waals surface area contributed by atoms with Crippen LogP contribution < -0.4 is 5.32 Å². The monoisotopic (exact) mass is 320 g/mol. The third-order valence-electron chi connectivity index (χ3n) is 3.70. The quantitative estimate of drug-likeness (QED) is 0.557. The maximum atomic E-state index is 11.3. The Labute approximate surface area is 139 Å². The molecule has 2 aromatic heterocycles. The van der Waals surface area contributed by atoms with Crippen LogP contribution in [0.5, 0.6) is 0 Å². The molecule has 120 valence electrons. The van der Waals surface area contributed by atoms with E-state index in [-0.39, 0.29) is 12.5 Å². The van der Waals surface area contributed by atoms with E-state index in [1.54, 1.807) is 18.6 Å². The number of nitrogens with one attached hydrogen (secondary N) is 2. The number of rotatable bonds is 5. The van der Waals surface area contributed by atoms with E-state index in [1.165, 1.54) is 13.3 Å². The molecule has 3 aromatic rings. The number of esters is 1. The smallest absolute Gasteiger partial charge is 0.325 e. The summed E-state index contributed by atoms with van der Waals surface area (Å²) in [5.41, 5.74) is 4.06. The van der Waals surface area contributed by atoms with Crippen LogP contribution in [0.4, 0.5) is 5.69 Å². The molecule has 0 saturated carbocycles. The number of hydrogen-bond donors (Lipinski definition) is 2. The number of ether oxygens (including phenoxy) is 1. The summed E-state index contributed by atoms with van der Waals surface area (Å²) in [6.45, 7) is 0.0207. The van der Waals surface area contributed by atoms with E-state index in [0.29, 0.717) is 11.3 Å². The van der Waals surface area contributed by atoms with E-state index in [2.05, 4.69) is 20.0 Å². The molecule has 0 fully saturated rings. The molecule has 6 heteroatoms. The molecule has 3 rings (SSSR count). The SMILES string of the molecule is COC(=O)CNc1cnc2ccc(-c3cccnc3)cc2c1C=N. The van der Waals surface area contributed by atoms with Crippen LogP contribution >= 0.6 is 0 Å². The molecule has 0 bridgehead atoms. The maximum absolute atomic E-state index is 11.3. The second-order valence-electron chi connectivity index (χ2n) is 5.13. The van der Waals surface area contributed by atoms with Gasteiger partial charge in [0.2, 0.25) is 0 Å². The van der Waals surface area contributed by atoms with E-state index >= 15 is 0 Å². The fraction of sp³-hybridized carbons (Fsp3) is 0.111. The third kappa shape index (κ3) is 3.08. The summed E-state index contributed by atoms with van der Waals surface area (Å²) in [6.07, 6.45) is 6.40. The van der Waals surface area contributed by atoms with Crippen molar-refractivity contribution >= 4 is 28.8 Å². The van der Waals surface area contributed by atoms with E-state index in [1.807, 2.05) is 30.3 Å². The molecule has 0 unspecified atom stereocenters. The molecule has 1 aromatic carbocycles. The largest absolute Gasteiger partial charge is 0.468 e. The van der Waals surface area contributed by atoms with Crippen LogP contribution in [0.3, 0.4) is 0 Å². The minimum Gasteiger partial charge on any atom is -0.468 e. The van der Waals surface area contributed by atoms with Gasteiger partial charge >= 0.3 is 5.97 Å². The highest BCUT2D eigenvalue weighted by Crippen LogP contribution is 2.28. The number of aromatic nitrogens is 2. The summed E-state index contributed by atoms with van der Waals surface area (Å²) >= 11 is 0. The van der Waals surface area contributed by atoms with Crippen LogP contribution in [0.25, 0.3) is 22.0 Å². The van der Waals surface area contributed by atoms with Gasteiger partial charge in [-0.3, -0.25) is 14.8 Å². The molecule has 0 saturated heterocycles. The normalized spacial score (nSPS) is 10.4. The Bertz CT molecular complexity index is 894. The molecule has 0 aliphatic heterocycles. The molecule has 2 heterocycles. The van der Waals surface area contributed by atoms with E-state index in [0.717, 1.165) is 22.0 Å². The second kappa shape index (κ2) is 6.87. The van der Waals surface area contributed by atoms with Crippen molar-refractivity contribution in [3.05, 3.63) is 54.5 Å². The lowest BCUT2D eigenvalue weighted by atomic mass is 10.0. The zero-order chi connectivity index (χ0) is 16.9. The van der Waals surface area contributed by atoms with Gasteiger partial charge in [0.05, 0.1) is 24.5 Å². The molecule has 0 atom stereocenters. The van der Waals surface area contributed by atoms with Gasteiger partial charge in [0.25, 0.3) is 0 Å². The summed E-state index contributed by atoms with van der Waals surface area (Å²) < 4.78 is 4.62. The van der Waals surface area contributed by atoms with Gasteiger partial charge < -0.3 is 15.5 Å². The van der Waals surface area contributed by atoms with Crippen LogP contribution in [0, 0.1) is 5.41 Å². The molecule has 6 nitrogen and oxygen atoms in total. The molecule has 0 aliphatic rings. The number of carbonyl (C=O) groups excluding carboxylic acids is 1. The van der Waals surface area contributed by atoms with E-state index in [9.17, 15) is 4.79 Å². The first kappa shape index (κ1) is 15.6. The molecule has 0 aliphatic carbocycles. The van der Waals surface area contributed by atoms with Gasteiger partial charge in [-0.2, -0.15) is 0 Å². The predicted molar refractivity (Wildman–Crippen MR) is 93.4 cm³/mol. The van der Waals surface area contributed by atoms with Crippen LogP contribution in [-0.2, 0) is 9.53 Å². The number of fused-ring (bicyclic) bond motifs is 1. The highest BCUT2D eigenvalue weighted by molar-refractivity contribution is 6.04. The van der Waals surface area contributed by atoms with Crippen molar-refractivity contribution in [2.75, 3.05) is 19.0 Å². The molecule has 0 radical (unpaired) electrons. The molecule has 0 amide bonds. The number of anilines is 1. The first-order valence-electron chi connectivity index (χ1n) is 7.37. The number of pyridine rings is 2. The first-order valence-corrected chi connectivity index (χ1v) is 7.37. The van der Waals surface area contributed by atoms with Crippen LogP contribution in [0.1, 0.15) is 5.56 Å². The zero-order valence-corrected chi connectivity index (χ0v) is 13.1. The highest BCUT2D eigenvalue weighted by atomic mass is 16.5. The van der Waals surface area contributed by atoms with Crippen molar-refractivity contribution in [3.63, 3.8) is 0 Å². The lowest BCUT2D eigenvalue weighted by Gasteiger charge is -2.11. The van der Waals surface area contributed by atoms with Crippen molar-refractivity contribution in [3.8, 4) is 11.1 Å². The molecule has 24 heavy (non-hydrogen) atoms. The van der Waals surface area contributed by atoms with Gasteiger partial charge in [-0.1, -0.05) is 12.1 Å². The second-order valence-corrected chi connectivity index (χ2v) is 5.13. The van der Waals surface area contributed by atoms with Gasteiger partial charge in [0, 0.05) is 35.1 Å². The van der Waals surface area contributed by atoms with Crippen LogP contribution in [-0.4, -0.2) is 35.8 Å². The Morgan fingerprint density at radius 2 is 2.17 bits per heavy atom. The van der Waals surface area contributed by atoms with Crippen molar-refractivity contribution < 1.29 is 9.53 Å². The van der Waals surface area contributed by atoms with Crippen molar-refractivity contribution in [2.45, 2.75) is 0 Å². The summed E-state index contributed by atoms with van der Waals surface area (Å²) in [4.78, 5) is 19.8. The first-order chi connectivity index (χ1) is 11.7. The van der Waals surface area contributed by atoms with Gasteiger partial charge in [-0.15, -0.1) is 0 Å². The molecular weight excluding hydrogens is 304 g/mol. The molecule has 2 N–H and O–H groups in total. The lowest BCUT2D eigenvalue weighted by molar-refractivity contribution is -0.138. The minimum absolute atomic E-state index is 0.0207. The highest BCUT2D eigenvalue weighted by Gasteiger charge is 2.10. The standard InChI is InChI=1S/C18H16N4O2/c1-24-18(23)11-22-17-10-21-16-5-4-12(7-14(16)15(17)8-19)13-3-2-6-20-9-13/h2-10,19,22H,11H2,1H3. The topological polar surface area (TPSA) is 88.0 Å². The Morgan fingerprint density at radius 1 is 1.29 bits per heavy atom. The number of methoxy groups -OCH3 is 1. The Balaban J connectivity index is 2.06. The number of carbonyl (C=O) groups is 1. The Hall–Kier alpha value is -3.28. The van der Waals surface area contributed by atoms with E-state index < -0.39 is 0 Å². The average molecular weight is 320 g/mol. The number of hydrogen-bond acceptors (Lipinski definition) is 6. The number of nitrogens with zero attached hydrogens (tertiary/aromatic N) is 2. The molecular formula is C18H16N4O2. The van der Waals surface area contributed by atoms with Crippen molar-refractivity contribution in [1.82, 2.24) is 9.97 Å². The Morgan fingerprint density at radius 3 is 2.88 bits per heavy atom. The number of benzene rings is 1. The summed E-state index contributed by atoms with van der Waals surface area (Å²) in [5.74, 6) is -0.380. The van der Waals surface area contributed by atoms with Crippen LogP contribution in [0.2, 0.25) is 0 Å². The Kier molecular flexibility index (Phi) is 4.47. The summed E-state index contributed by atoms with van der Waals surface area (Å²) in [5, 5.41) is 11.6. The van der Waals surface area contributed by atoms with Crippen molar-refractivity contribution in [1.29, 1.82) is 5.41 Å². The predicted octanol–water partition coefficient (Wildman–Crippen LogP) is 2.88. The van der Waals surface area contributed by atoms with Crippen molar-refractivity contribution in [2.24, 2.45) is 0 Å². The van der Waals surface area contributed by atoms with Gasteiger partial charge in [0.1, 0.15) is 6.54 Å². The summed E-state index contributed by atoms with van der Waals surface area (Å²) in [6, 6.07) is 9.72. The van der Waals surface area contributed by atoms with E-state index in [4.69, 9.17) is 5.41 Å².